The van der Waals surface area contributed by atoms with Crippen molar-refractivity contribution in [2.24, 2.45) is 10.8 Å². The van der Waals surface area contributed by atoms with Crippen molar-refractivity contribution in [2.75, 3.05) is 19.0 Å². The highest BCUT2D eigenvalue weighted by atomic mass is 32.2. The summed E-state index contributed by atoms with van der Waals surface area (Å²) in [5.41, 5.74) is -0.0328. The van der Waals surface area contributed by atoms with Crippen LogP contribution in [0.4, 0.5) is 0 Å². The van der Waals surface area contributed by atoms with Gasteiger partial charge in [-0.15, -0.1) is 11.8 Å². The van der Waals surface area contributed by atoms with E-state index in [1.165, 1.54) is 0 Å². The van der Waals surface area contributed by atoms with Gasteiger partial charge < -0.3 is 9.05 Å². The average molecular weight is 323 g/mol. The number of hydrogen-bond donors (Lipinski definition) is 1. The summed E-state index contributed by atoms with van der Waals surface area (Å²) < 4.78 is 24.3. The van der Waals surface area contributed by atoms with Crippen molar-refractivity contribution in [3.05, 3.63) is 0 Å². The second kappa shape index (κ2) is 6.70. The molecule has 20 heavy (non-hydrogen) atoms. The monoisotopic (exact) mass is 323 g/mol. The Bertz CT molecular complexity index is 358. The normalized spacial score (nSPS) is 27.6. The molecule has 0 unspecified atom stereocenters. The summed E-state index contributed by atoms with van der Waals surface area (Å²) in [5, 5.41) is 3.79. The van der Waals surface area contributed by atoms with E-state index < -0.39 is 7.60 Å². The lowest BCUT2D eigenvalue weighted by atomic mass is 9.92. The van der Waals surface area contributed by atoms with E-state index in [0.717, 1.165) is 5.75 Å². The van der Waals surface area contributed by atoms with Crippen LogP contribution >= 0.6 is 19.4 Å². The lowest BCUT2D eigenvalue weighted by Crippen LogP contribution is -2.55. The zero-order valence-corrected chi connectivity index (χ0v) is 15.6. The maximum absolute atomic E-state index is 13.1. The first-order chi connectivity index (χ1) is 9.07. The van der Waals surface area contributed by atoms with Gasteiger partial charge in [0.25, 0.3) is 0 Å². The van der Waals surface area contributed by atoms with Gasteiger partial charge in [-0.1, -0.05) is 34.6 Å². The Morgan fingerprint density at radius 3 is 2.15 bits per heavy atom. The second-order valence-corrected chi connectivity index (χ2v) is 10.2. The molecule has 6 heteroatoms. The van der Waals surface area contributed by atoms with Crippen molar-refractivity contribution in [2.45, 2.75) is 59.6 Å². The molecule has 0 aromatic rings. The summed E-state index contributed by atoms with van der Waals surface area (Å²) in [6, 6.07) is 0. The third-order valence-electron chi connectivity index (χ3n) is 3.39. The smallest absolute Gasteiger partial charge is 0.308 e. The van der Waals surface area contributed by atoms with Gasteiger partial charge in [0, 0.05) is 11.2 Å². The van der Waals surface area contributed by atoms with Crippen LogP contribution in [0.1, 0.15) is 48.5 Å². The molecule has 1 saturated heterocycles. The van der Waals surface area contributed by atoms with Gasteiger partial charge in [-0.25, -0.2) is 0 Å². The molecule has 0 aliphatic carbocycles. The zero-order valence-electron chi connectivity index (χ0n) is 13.9. The minimum absolute atomic E-state index is 0.0999. The Balaban J connectivity index is 3.04. The van der Waals surface area contributed by atoms with Crippen LogP contribution in [0, 0.1) is 10.8 Å². The molecule has 0 radical (unpaired) electrons. The van der Waals surface area contributed by atoms with Gasteiger partial charge in [0.05, 0.1) is 18.6 Å². The van der Waals surface area contributed by atoms with Crippen molar-refractivity contribution >= 4 is 19.4 Å². The summed E-state index contributed by atoms with van der Waals surface area (Å²) in [7, 11) is -3.15. The standard InChI is InChI=1S/C14H30NO3PS/c1-8-17-19(16,18-9-2)11-14(6,7)10-20-12(15-11)13(3,4)5/h11-12,15H,8-10H2,1-7H3/t11-,12-/m1/s1. The van der Waals surface area contributed by atoms with Crippen LogP contribution in [-0.4, -0.2) is 30.1 Å². The zero-order chi connectivity index (χ0) is 15.6. The molecule has 0 amide bonds. The van der Waals surface area contributed by atoms with Crippen molar-refractivity contribution in [1.29, 1.82) is 0 Å². The molecule has 1 rings (SSSR count). The molecule has 4 nitrogen and oxygen atoms in total. The summed E-state index contributed by atoms with van der Waals surface area (Å²) in [5.74, 6) is 0.678. The Morgan fingerprint density at radius 1 is 1.25 bits per heavy atom. The van der Waals surface area contributed by atoms with Crippen LogP contribution in [0.15, 0.2) is 0 Å². The van der Waals surface area contributed by atoms with Gasteiger partial charge >= 0.3 is 7.60 Å². The second-order valence-electron chi connectivity index (χ2n) is 6.99. The summed E-state index contributed by atoms with van der Waals surface area (Å²) in [6.45, 7) is 15.4. The van der Waals surface area contributed by atoms with E-state index in [1.54, 1.807) is 0 Å². The van der Waals surface area contributed by atoms with Crippen molar-refractivity contribution in [3.63, 3.8) is 0 Å². The van der Waals surface area contributed by atoms with Gasteiger partial charge in [-0.05, 0) is 19.3 Å². The van der Waals surface area contributed by atoms with Crippen molar-refractivity contribution in [3.8, 4) is 0 Å². The third kappa shape index (κ3) is 4.23. The molecule has 1 aliphatic rings. The van der Waals surface area contributed by atoms with Crippen molar-refractivity contribution in [1.82, 2.24) is 5.32 Å². The largest absolute Gasteiger partial charge is 0.348 e. The first kappa shape index (κ1) is 18.5. The number of hydrogen-bond acceptors (Lipinski definition) is 5. The molecule has 1 N–H and O–H groups in total. The Kier molecular flexibility index (Phi) is 6.20. The maximum Gasteiger partial charge on any atom is 0.348 e. The quantitative estimate of drug-likeness (QED) is 0.764. The highest BCUT2D eigenvalue weighted by Gasteiger charge is 2.50. The molecule has 2 atom stereocenters. The molecule has 1 aliphatic heterocycles. The van der Waals surface area contributed by atoms with Crippen LogP contribution < -0.4 is 5.32 Å². The number of rotatable bonds is 5. The maximum atomic E-state index is 13.1. The topological polar surface area (TPSA) is 47.6 Å². The average Bonchev–Trinajstić information content (AvgIpc) is 2.27. The molecule has 0 spiro atoms. The fourth-order valence-corrected chi connectivity index (χ4v) is 6.45. The lowest BCUT2D eigenvalue weighted by molar-refractivity contribution is 0.170. The lowest BCUT2D eigenvalue weighted by Gasteiger charge is -2.48. The van der Waals surface area contributed by atoms with Crippen LogP contribution in [0.2, 0.25) is 0 Å². The van der Waals surface area contributed by atoms with E-state index in [0.29, 0.717) is 13.2 Å². The molecular formula is C14H30NO3PS. The molecule has 0 bridgehead atoms. The SMILES string of the molecule is CCOP(=O)(OCC)[C@H]1N[C@@H](C(C)(C)C)SCC1(C)C. The highest BCUT2D eigenvalue weighted by Crippen LogP contribution is 2.60. The summed E-state index contributed by atoms with van der Waals surface area (Å²) in [4.78, 5) is 0. The Labute approximate surface area is 128 Å². The molecule has 1 heterocycles. The van der Waals surface area contributed by atoms with Gasteiger partial charge in [0.15, 0.2) is 0 Å². The molecule has 120 valence electrons. The minimum atomic E-state index is -3.15. The molecular weight excluding hydrogens is 293 g/mol. The van der Waals surface area contributed by atoms with E-state index in [-0.39, 0.29) is 22.0 Å². The van der Waals surface area contributed by atoms with E-state index >= 15 is 0 Å². The number of thioether (sulfide) groups is 1. The molecule has 0 saturated carbocycles. The van der Waals surface area contributed by atoms with Crippen LogP contribution in [0.3, 0.4) is 0 Å². The molecule has 1 fully saturated rings. The van der Waals surface area contributed by atoms with Gasteiger partial charge in [0.1, 0.15) is 5.78 Å². The summed E-state index contributed by atoms with van der Waals surface area (Å²) in [6.07, 6.45) is 0. The molecule has 0 aromatic carbocycles. The third-order valence-corrected chi connectivity index (χ3v) is 8.20. The summed E-state index contributed by atoms with van der Waals surface area (Å²) >= 11 is 1.89. The fourth-order valence-electron chi connectivity index (χ4n) is 2.36. The van der Waals surface area contributed by atoms with Crippen LogP contribution in [0.5, 0.6) is 0 Å². The van der Waals surface area contributed by atoms with E-state index in [9.17, 15) is 4.57 Å². The van der Waals surface area contributed by atoms with Gasteiger partial charge in [-0.2, -0.15) is 0 Å². The molecule has 0 aromatic heterocycles. The number of nitrogens with one attached hydrogen (secondary N) is 1. The fraction of sp³-hybridized carbons (Fsp3) is 1.00. The highest BCUT2D eigenvalue weighted by molar-refractivity contribution is 8.00. The van der Waals surface area contributed by atoms with Gasteiger partial charge in [-0.3, -0.25) is 9.88 Å². The Hall–Kier alpha value is 0.460. The van der Waals surface area contributed by atoms with Crippen LogP contribution in [0.25, 0.3) is 0 Å². The minimum Gasteiger partial charge on any atom is -0.308 e. The predicted octanol–water partition coefficient (Wildman–Crippen LogP) is 4.31. The van der Waals surface area contributed by atoms with Crippen LogP contribution in [-0.2, 0) is 13.6 Å². The first-order valence-corrected chi connectivity index (χ1v) is 9.99. The van der Waals surface area contributed by atoms with E-state index in [1.807, 2.05) is 25.6 Å². The predicted molar refractivity (Wildman–Crippen MR) is 87.3 cm³/mol. The first-order valence-electron chi connectivity index (χ1n) is 7.33. The van der Waals surface area contributed by atoms with Gasteiger partial charge in [0.2, 0.25) is 0 Å². The Morgan fingerprint density at radius 2 is 1.75 bits per heavy atom. The van der Waals surface area contributed by atoms with E-state index in [4.69, 9.17) is 9.05 Å². The van der Waals surface area contributed by atoms with E-state index in [2.05, 4.69) is 39.9 Å². The van der Waals surface area contributed by atoms with Crippen molar-refractivity contribution < 1.29 is 13.6 Å².